The molecule has 0 amide bonds. The monoisotopic (exact) mass is 234 g/mol. The molecule has 1 unspecified atom stereocenters. The van der Waals surface area contributed by atoms with Crippen molar-refractivity contribution in [2.24, 2.45) is 0 Å². The van der Waals surface area contributed by atoms with Crippen LogP contribution in [0, 0.1) is 0 Å². The molecule has 0 aliphatic carbocycles. The van der Waals surface area contributed by atoms with E-state index in [-0.39, 0.29) is 5.78 Å². The molecule has 1 atom stereocenters. The lowest BCUT2D eigenvalue weighted by atomic mass is 9.88. The van der Waals surface area contributed by atoms with Gasteiger partial charge in [-0.2, -0.15) is 0 Å². The molecule has 0 fully saturated rings. The van der Waals surface area contributed by atoms with E-state index >= 15 is 0 Å². The third-order valence-corrected chi connectivity index (χ3v) is 3.13. The first-order valence-electron chi connectivity index (χ1n) is 6.33. The number of ketones is 1. The molecule has 1 aromatic carbocycles. The number of carbonyl (C=O) groups excluding carboxylic acids is 1. The largest absolute Gasteiger partial charge is 0.367 e. The van der Waals surface area contributed by atoms with Crippen molar-refractivity contribution in [1.82, 2.24) is 0 Å². The fourth-order valence-electron chi connectivity index (χ4n) is 1.98. The van der Waals surface area contributed by atoms with Crippen molar-refractivity contribution in [3.05, 3.63) is 35.9 Å². The Morgan fingerprint density at radius 2 is 1.88 bits per heavy atom. The second-order valence-electron chi connectivity index (χ2n) is 4.41. The summed E-state index contributed by atoms with van der Waals surface area (Å²) in [6.45, 7) is 6.34. The van der Waals surface area contributed by atoms with Crippen molar-refractivity contribution in [3.63, 3.8) is 0 Å². The van der Waals surface area contributed by atoms with Crippen molar-refractivity contribution < 1.29 is 9.53 Å². The van der Waals surface area contributed by atoms with Crippen LogP contribution >= 0.6 is 0 Å². The molecule has 0 N–H and O–H groups in total. The van der Waals surface area contributed by atoms with E-state index in [0.29, 0.717) is 13.0 Å². The molecule has 0 aliphatic rings. The lowest BCUT2D eigenvalue weighted by Gasteiger charge is -2.30. The smallest absolute Gasteiger partial charge is 0.161 e. The number of benzene rings is 1. The maximum atomic E-state index is 11.9. The molecular formula is C15H22O2. The first kappa shape index (κ1) is 13.9. The van der Waals surface area contributed by atoms with Gasteiger partial charge < -0.3 is 4.74 Å². The highest BCUT2D eigenvalue weighted by molar-refractivity contribution is 5.85. The summed E-state index contributed by atoms with van der Waals surface area (Å²) < 4.78 is 5.84. The summed E-state index contributed by atoms with van der Waals surface area (Å²) in [5, 5.41) is 0. The number of Topliss-reactive ketones (excluding diaryl/α,β-unsaturated/α-hetero) is 1. The first-order valence-corrected chi connectivity index (χ1v) is 6.33. The molecule has 2 nitrogen and oxygen atoms in total. The highest BCUT2D eigenvalue weighted by Crippen LogP contribution is 2.23. The van der Waals surface area contributed by atoms with Gasteiger partial charge in [0, 0.05) is 13.0 Å². The highest BCUT2D eigenvalue weighted by Gasteiger charge is 2.34. The maximum Gasteiger partial charge on any atom is 0.161 e. The second kappa shape index (κ2) is 6.55. The molecule has 0 heterocycles. The van der Waals surface area contributed by atoms with E-state index in [0.717, 1.165) is 18.4 Å². The van der Waals surface area contributed by atoms with Crippen LogP contribution in [0.25, 0.3) is 0 Å². The molecule has 0 saturated heterocycles. The van der Waals surface area contributed by atoms with Crippen LogP contribution in [0.1, 0.15) is 39.2 Å². The van der Waals surface area contributed by atoms with Crippen LogP contribution < -0.4 is 0 Å². The predicted molar refractivity (Wildman–Crippen MR) is 70.1 cm³/mol. The van der Waals surface area contributed by atoms with E-state index < -0.39 is 5.60 Å². The lowest BCUT2D eigenvalue weighted by molar-refractivity contribution is -0.143. The first-order chi connectivity index (χ1) is 8.14. The molecule has 0 bridgehead atoms. The van der Waals surface area contributed by atoms with Crippen LogP contribution in [0.15, 0.2) is 30.3 Å². The molecular weight excluding hydrogens is 212 g/mol. The number of hydrogen-bond acceptors (Lipinski definition) is 2. The van der Waals surface area contributed by atoms with Crippen LogP contribution in [0.5, 0.6) is 0 Å². The van der Waals surface area contributed by atoms with Gasteiger partial charge in [-0.1, -0.05) is 44.2 Å². The SMILES string of the molecule is CCCOC(CC)(Cc1ccccc1)C(C)=O. The van der Waals surface area contributed by atoms with Crippen molar-refractivity contribution in [1.29, 1.82) is 0 Å². The summed E-state index contributed by atoms with van der Waals surface area (Å²) in [6.07, 6.45) is 2.32. The molecule has 0 saturated carbocycles. The number of rotatable bonds is 7. The summed E-state index contributed by atoms with van der Waals surface area (Å²) in [5.41, 5.74) is 0.512. The Hall–Kier alpha value is -1.15. The van der Waals surface area contributed by atoms with E-state index in [1.807, 2.05) is 37.3 Å². The fourth-order valence-corrected chi connectivity index (χ4v) is 1.98. The second-order valence-corrected chi connectivity index (χ2v) is 4.41. The van der Waals surface area contributed by atoms with Gasteiger partial charge in [-0.25, -0.2) is 0 Å². The molecule has 0 radical (unpaired) electrons. The van der Waals surface area contributed by atoms with Gasteiger partial charge >= 0.3 is 0 Å². The third kappa shape index (κ3) is 3.67. The minimum Gasteiger partial charge on any atom is -0.367 e. The number of ether oxygens (including phenoxy) is 1. The van der Waals surface area contributed by atoms with Crippen molar-refractivity contribution in [2.75, 3.05) is 6.61 Å². The van der Waals surface area contributed by atoms with Gasteiger partial charge in [-0.05, 0) is 25.3 Å². The van der Waals surface area contributed by atoms with E-state index in [1.54, 1.807) is 6.92 Å². The van der Waals surface area contributed by atoms with E-state index in [9.17, 15) is 4.79 Å². The normalized spacial score (nSPS) is 14.3. The van der Waals surface area contributed by atoms with E-state index in [1.165, 1.54) is 0 Å². The Kier molecular flexibility index (Phi) is 5.36. The third-order valence-electron chi connectivity index (χ3n) is 3.13. The van der Waals surface area contributed by atoms with E-state index in [4.69, 9.17) is 4.74 Å². The predicted octanol–water partition coefficient (Wildman–Crippen LogP) is 3.39. The molecule has 0 aliphatic heterocycles. The topological polar surface area (TPSA) is 26.3 Å². The van der Waals surface area contributed by atoms with Gasteiger partial charge in [0.25, 0.3) is 0 Å². The summed E-state index contributed by atoms with van der Waals surface area (Å²) in [5.74, 6) is 0.123. The molecule has 2 heteroatoms. The fraction of sp³-hybridized carbons (Fsp3) is 0.533. The van der Waals surface area contributed by atoms with Crippen LogP contribution in [-0.4, -0.2) is 18.0 Å². The zero-order chi connectivity index (χ0) is 12.7. The Balaban J connectivity index is 2.86. The summed E-state index contributed by atoms with van der Waals surface area (Å²) >= 11 is 0. The Labute approximate surface area is 104 Å². The maximum absolute atomic E-state index is 11.9. The van der Waals surface area contributed by atoms with Crippen LogP contribution in [0.3, 0.4) is 0 Å². The van der Waals surface area contributed by atoms with Gasteiger partial charge in [0.1, 0.15) is 5.60 Å². The number of hydrogen-bond donors (Lipinski definition) is 0. The summed E-state index contributed by atoms with van der Waals surface area (Å²) in [7, 11) is 0. The summed E-state index contributed by atoms with van der Waals surface area (Å²) in [6, 6.07) is 10.1. The average Bonchev–Trinajstić information content (AvgIpc) is 2.35. The summed E-state index contributed by atoms with van der Waals surface area (Å²) in [4.78, 5) is 11.9. The zero-order valence-electron chi connectivity index (χ0n) is 11.0. The Morgan fingerprint density at radius 3 is 2.35 bits per heavy atom. The average molecular weight is 234 g/mol. The Bertz CT molecular complexity index is 345. The zero-order valence-corrected chi connectivity index (χ0v) is 11.0. The Morgan fingerprint density at radius 1 is 1.24 bits per heavy atom. The van der Waals surface area contributed by atoms with Crippen LogP contribution in [0.4, 0.5) is 0 Å². The molecule has 0 aromatic heterocycles. The van der Waals surface area contributed by atoms with Gasteiger partial charge in [0.05, 0.1) is 0 Å². The van der Waals surface area contributed by atoms with Crippen molar-refractivity contribution >= 4 is 5.78 Å². The highest BCUT2D eigenvalue weighted by atomic mass is 16.5. The van der Waals surface area contributed by atoms with Crippen molar-refractivity contribution in [3.8, 4) is 0 Å². The number of carbonyl (C=O) groups is 1. The van der Waals surface area contributed by atoms with Gasteiger partial charge in [0.15, 0.2) is 5.78 Å². The van der Waals surface area contributed by atoms with E-state index in [2.05, 4.69) is 6.92 Å². The standard InChI is InChI=1S/C15H22O2/c1-4-11-17-15(5-2,13(3)16)12-14-9-7-6-8-10-14/h6-10H,4-5,11-12H2,1-3H3. The van der Waals surface area contributed by atoms with Crippen LogP contribution in [-0.2, 0) is 16.0 Å². The van der Waals surface area contributed by atoms with Crippen molar-refractivity contribution in [2.45, 2.75) is 45.6 Å². The molecule has 0 spiro atoms. The van der Waals surface area contributed by atoms with Gasteiger partial charge in [0.2, 0.25) is 0 Å². The minimum atomic E-state index is -0.642. The molecule has 1 rings (SSSR count). The molecule has 17 heavy (non-hydrogen) atoms. The molecule has 1 aromatic rings. The molecule has 94 valence electrons. The minimum absolute atomic E-state index is 0.123. The van der Waals surface area contributed by atoms with Gasteiger partial charge in [-0.3, -0.25) is 4.79 Å². The lowest BCUT2D eigenvalue weighted by Crippen LogP contribution is -2.42. The van der Waals surface area contributed by atoms with Gasteiger partial charge in [-0.15, -0.1) is 0 Å². The quantitative estimate of drug-likeness (QED) is 0.723. The van der Waals surface area contributed by atoms with Crippen LogP contribution in [0.2, 0.25) is 0 Å².